The number of aromatic nitrogens is 6. The quantitative estimate of drug-likeness (QED) is 0.113. The predicted molar refractivity (Wildman–Crippen MR) is 227 cm³/mol. The highest BCUT2D eigenvalue weighted by Crippen LogP contribution is 2.23. The van der Waals surface area contributed by atoms with Gasteiger partial charge in [0.1, 0.15) is 25.4 Å². The second-order valence-corrected chi connectivity index (χ2v) is 17.2. The van der Waals surface area contributed by atoms with Crippen molar-refractivity contribution in [2.24, 2.45) is 0 Å². The van der Waals surface area contributed by atoms with Crippen LogP contribution >= 0.6 is 47.8 Å². The maximum atomic E-state index is 12.3. The zero-order chi connectivity index (χ0) is 39.1. The fourth-order valence-electron chi connectivity index (χ4n) is 5.01. The highest BCUT2D eigenvalue weighted by molar-refractivity contribution is 9.11. The first-order chi connectivity index (χ1) is 25.8. The van der Waals surface area contributed by atoms with Gasteiger partial charge in [-0.25, -0.2) is 38.3 Å². The Bertz CT molecular complexity index is 2200. The molecule has 0 aliphatic rings. The van der Waals surface area contributed by atoms with Gasteiger partial charge >= 0.3 is 0 Å². The molecule has 0 aliphatic carbocycles. The highest BCUT2D eigenvalue weighted by Gasteiger charge is 2.19. The van der Waals surface area contributed by atoms with Crippen LogP contribution in [-0.2, 0) is 35.5 Å². The van der Waals surface area contributed by atoms with E-state index in [2.05, 4.69) is 114 Å². The Morgan fingerprint density at radius 1 is 0.574 bits per heavy atom. The minimum absolute atomic E-state index is 0.317. The number of sulfone groups is 1. The molecule has 0 saturated carbocycles. The van der Waals surface area contributed by atoms with E-state index in [0.29, 0.717) is 37.2 Å². The van der Waals surface area contributed by atoms with Crippen molar-refractivity contribution < 1.29 is 8.42 Å². The van der Waals surface area contributed by atoms with Crippen molar-refractivity contribution in [3.63, 3.8) is 0 Å². The predicted octanol–water partition coefficient (Wildman–Crippen LogP) is 8.66. The van der Waals surface area contributed by atoms with Crippen LogP contribution in [0.3, 0.4) is 0 Å². The lowest BCUT2D eigenvalue weighted by molar-refractivity contribution is 0.587. The first-order valence-electron chi connectivity index (χ1n) is 17.1. The van der Waals surface area contributed by atoms with Crippen molar-refractivity contribution in [2.75, 3.05) is 17.2 Å². The van der Waals surface area contributed by atoms with Crippen LogP contribution in [0.5, 0.6) is 0 Å². The van der Waals surface area contributed by atoms with Crippen LogP contribution < -0.4 is 17.2 Å². The Hall–Kier alpha value is -4.31. The molecule has 54 heavy (non-hydrogen) atoms. The summed E-state index contributed by atoms with van der Waals surface area (Å²) in [4.78, 5) is 25.4. The van der Waals surface area contributed by atoms with Gasteiger partial charge in [0.15, 0.2) is 15.7 Å². The zero-order valence-electron chi connectivity index (χ0n) is 29.9. The van der Waals surface area contributed by atoms with Crippen LogP contribution in [0.15, 0.2) is 122 Å². The number of halogens is 3. The fraction of sp³-hybridized carbons (Fsp3) is 0.231. The molecule has 15 heteroatoms. The van der Waals surface area contributed by atoms with Crippen molar-refractivity contribution in [3.05, 3.63) is 140 Å². The zero-order valence-corrected chi connectivity index (χ0v) is 35.5. The summed E-state index contributed by atoms with van der Waals surface area (Å²) in [5.74, 6) is 1.37. The molecule has 3 aromatic heterocycles. The maximum absolute atomic E-state index is 12.3. The third kappa shape index (κ3) is 13.2. The molecule has 0 radical (unpaired) electrons. The van der Waals surface area contributed by atoms with E-state index in [9.17, 15) is 8.42 Å². The summed E-state index contributed by atoms with van der Waals surface area (Å²) in [5.41, 5.74) is 22.9. The maximum Gasteiger partial charge on any atom is 0.180 e. The minimum Gasteiger partial charge on any atom is -0.382 e. The largest absolute Gasteiger partial charge is 0.382 e. The van der Waals surface area contributed by atoms with Crippen LogP contribution in [0.4, 0.5) is 17.5 Å². The van der Waals surface area contributed by atoms with Gasteiger partial charge in [-0.1, -0.05) is 72.8 Å². The van der Waals surface area contributed by atoms with E-state index in [4.69, 9.17) is 17.2 Å². The Kier molecular flexibility index (Phi) is 16.5. The molecule has 0 unspecified atom stereocenters. The third-order valence-electron chi connectivity index (χ3n) is 7.99. The number of aryl methyl sites for hydroxylation is 4. The van der Waals surface area contributed by atoms with Gasteiger partial charge in [0.2, 0.25) is 0 Å². The summed E-state index contributed by atoms with van der Waals surface area (Å²) in [5, 5.41) is -0.453. The molecule has 6 aromatic rings. The van der Waals surface area contributed by atoms with Crippen molar-refractivity contribution >= 4 is 75.1 Å². The first-order valence-corrected chi connectivity index (χ1v) is 21.0. The number of hydrogen-bond donors (Lipinski definition) is 3. The third-order valence-corrected chi connectivity index (χ3v) is 11.5. The molecule has 0 atom stereocenters. The minimum atomic E-state index is -3.29. The van der Waals surface area contributed by atoms with Crippen LogP contribution in [0.1, 0.15) is 49.2 Å². The van der Waals surface area contributed by atoms with Gasteiger partial charge in [0.25, 0.3) is 0 Å². The number of nitrogen functional groups attached to an aromatic ring is 3. The number of hydrogen-bond acceptors (Lipinski definition) is 11. The molecule has 0 fully saturated rings. The Morgan fingerprint density at radius 2 is 1.04 bits per heavy atom. The molecule has 0 saturated heterocycles. The standard InChI is InChI=1S/C22H25N3O2S.C13H14BrN3.C4H3Br2N3/c1-16(2)28(26,27)19-13-11-18(12-14-19)21-15-24-22(23)20(25-21)10-6-9-17-7-4-3-5-8-17;14-12-9-16-13(15)11(17-12)8-4-7-10-5-2-1-3-6-10;5-2-1-8-4(7)3(6)9-2/h3-5,7-8,11-16H,6,9-10H2,1-2H3,(H2,23,24);1-3,5-6,9H,4,7-8H2,(H2,15,16);1H,(H2,7,8). The van der Waals surface area contributed by atoms with Crippen molar-refractivity contribution in [2.45, 2.75) is 62.5 Å². The molecule has 0 spiro atoms. The van der Waals surface area contributed by atoms with Gasteiger partial charge in [-0.15, -0.1) is 0 Å². The number of benzene rings is 3. The first kappa shape index (κ1) is 42.4. The van der Waals surface area contributed by atoms with Crippen LogP contribution in [-0.4, -0.2) is 43.6 Å². The molecular weight excluding hydrogens is 898 g/mol. The van der Waals surface area contributed by atoms with Crippen LogP contribution in [0.2, 0.25) is 0 Å². The fourth-order valence-corrected chi connectivity index (χ4v) is 7.20. The summed E-state index contributed by atoms with van der Waals surface area (Å²) in [6, 6.07) is 27.5. The SMILES string of the molecule is CC(C)S(=O)(=O)c1ccc(-c2cnc(N)c(CCCc3ccccc3)n2)cc1.Nc1ncc(Br)nc1Br.Nc1ncc(Br)nc1CCCc1ccccc1. The second-order valence-electron chi connectivity index (χ2n) is 12.3. The Balaban J connectivity index is 0.000000210. The van der Waals surface area contributed by atoms with E-state index in [-0.39, 0.29) is 0 Å². The lowest BCUT2D eigenvalue weighted by atomic mass is 10.1. The lowest BCUT2D eigenvalue weighted by Gasteiger charge is -2.10. The molecule has 11 nitrogen and oxygen atoms in total. The average Bonchev–Trinajstić information content (AvgIpc) is 3.17. The van der Waals surface area contributed by atoms with Crippen LogP contribution in [0.25, 0.3) is 11.3 Å². The molecule has 6 N–H and O–H groups in total. The van der Waals surface area contributed by atoms with Gasteiger partial charge in [0.05, 0.1) is 45.8 Å². The Morgan fingerprint density at radius 3 is 1.52 bits per heavy atom. The molecule has 0 bridgehead atoms. The number of nitrogens with two attached hydrogens (primary N) is 3. The molecule has 3 heterocycles. The van der Waals surface area contributed by atoms with Gasteiger partial charge < -0.3 is 17.2 Å². The molecule has 282 valence electrons. The lowest BCUT2D eigenvalue weighted by Crippen LogP contribution is -2.13. The van der Waals surface area contributed by atoms with E-state index in [1.165, 1.54) is 11.1 Å². The van der Waals surface area contributed by atoms with E-state index in [1.807, 2.05) is 24.3 Å². The molecule has 3 aromatic carbocycles. The topological polar surface area (TPSA) is 190 Å². The average molecular weight is 941 g/mol. The smallest absolute Gasteiger partial charge is 0.180 e. The van der Waals surface area contributed by atoms with Gasteiger partial charge in [-0.2, -0.15) is 0 Å². The van der Waals surface area contributed by atoms with Crippen LogP contribution in [0, 0.1) is 0 Å². The summed E-state index contributed by atoms with van der Waals surface area (Å²) < 4.78 is 26.5. The number of anilines is 3. The molecule has 0 aliphatic heterocycles. The van der Waals surface area contributed by atoms with E-state index >= 15 is 0 Å². The molecular formula is C39H42Br3N9O2S. The van der Waals surface area contributed by atoms with E-state index < -0.39 is 15.1 Å². The summed E-state index contributed by atoms with van der Waals surface area (Å²) in [7, 11) is -3.29. The summed E-state index contributed by atoms with van der Waals surface area (Å²) >= 11 is 9.56. The number of rotatable bonds is 11. The van der Waals surface area contributed by atoms with E-state index in [0.717, 1.165) is 60.1 Å². The van der Waals surface area contributed by atoms with Gasteiger partial charge in [0, 0.05) is 5.56 Å². The molecule has 0 amide bonds. The van der Waals surface area contributed by atoms with Crippen molar-refractivity contribution in [3.8, 4) is 11.3 Å². The van der Waals surface area contributed by atoms with Crippen molar-refractivity contribution in [1.82, 2.24) is 29.9 Å². The molecule has 6 rings (SSSR count). The monoisotopic (exact) mass is 937 g/mol. The van der Waals surface area contributed by atoms with E-state index in [1.54, 1.807) is 56.7 Å². The normalized spacial score (nSPS) is 10.9. The van der Waals surface area contributed by atoms with Gasteiger partial charge in [-0.05, 0) is 123 Å². The summed E-state index contributed by atoms with van der Waals surface area (Å²) in [6.45, 7) is 3.35. The second kappa shape index (κ2) is 21.0. The van der Waals surface area contributed by atoms with Gasteiger partial charge in [-0.3, -0.25) is 0 Å². The summed E-state index contributed by atoms with van der Waals surface area (Å²) in [6.07, 6.45) is 10.3. The highest BCUT2D eigenvalue weighted by atomic mass is 79.9. The Labute approximate surface area is 342 Å². The number of nitrogens with zero attached hydrogens (tertiary/aromatic N) is 6. The van der Waals surface area contributed by atoms with Crippen molar-refractivity contribution in [1.29, 1.82) is 0 Å².